The minimum Gasteiger partial charge on any atom is -0.345 e. The second-order valence-corrected chi connectivity index (χ2v) is 7.40. The molecule has 160 valence electrons. The number of hydrogen-bond acceptors (Lipinski definition) is 4. The van der Waals surface area contributed by atoms with Gasteiger partial charge in [-0.2, -0.15) is 0 Å². The number of amides is 3. The number of aryl methyl sites for hydroxylation is 1. The second-order valence-electron chi connectivity index (χ2n) is 7.40. The zero-order chi connectivity index (χ0) is 22.1. The Morgan fingerprint density at radius 1 is 0.867 bits per heavy atom. The Bertz CT molecular complexity index is 878. The number of nitrogens with one attached hydrogen (secondary N) is 2. The minimum atomic E-state index is -0.209. The summed E-state index contributed by atoms with van der Waals surface area (Å²) in [5.74, 6) is -0.461. The molecule has 0 heterocycles. The summed E-state index contributed by atoms with van der Waals surface area (Å²) < 4.78 is 0. The van der Waals surface area contributed by atoms with E-state index in [9.17, 15) is 14.4 Å². The fraction of sp³-hybridized carbons (Fsp3) is 0.348. The van der Waals surface area contributed by atoms with Crippen molar-refractivity contribution in [2.75, 3.05) is 44.4 Å². The van der Waals surface area contributed by atoms with Crippen LogP contribution in [0.3, 0.4) is 0 Å². The van der Waals surface area contributed by atoms with Gasteiger partial charge in [0.15, 0.2) is 0 Å². The molecule has 0 fully saturated rings. The van der Waals surface area contributed by atoms with Crippen LogP contribution in [-0.2, 0) is 9.59 Å². The van der Waals surface area contributed by atoms with E-state index in [-0.39, 0.29) is 30.8 Å². The predicted octanol–water partition coefficient (Wildman–Crippen LogP) is 2.99. The molecule has 0 radical (unpaired) electrons. The van der Waals surface area contributed by atoms with E-state index in [4.69, 9.17) is 0 Å². The third-order valence-electron chi connectivity index (χ3n) is 4.52. The van der Waals surface area contributed by atoms with Crippen molar-refractivity contribution in [2.24, 2.45) is 0 Å². The van der Waals surface area contributed by atoms with E-state index in [2.05, 4.69) is 10.6 Å². The molecule has 0 aromatic heterocycles. The van der Waals surface area contributed by atoms with Gasteiger partial charge in [0.2, 0.25) is 11.8 Å². The summed E-state index contributed by atoms with van der Waals surface area (Å²) in [7, 11) is 3.38. The van der Waals surface area contributed by atoms with E-state index in [0.29, 0.717) is 17.8 Å². The maximum absolute atomic E-state index is 12.5. The van der Waals surface area contributed by atoms with E-state index >= 15 is 0 Å². The Morgan fingerprint density at radius 3 is 2.03 bits per heavy atom. The molecule has 7 heteroatoms. The normalized spacial score (nSPS) is 10.6. The quantitative estimate of drug-likeness (QED) is 0.666. The van der Waals surface area contributed by atoms with Gasteiger partial charge in [-0.25, -0.2) is 0 Å². The number of para-hydroxylation sites is 1. The molecular weight excluding hydrogens is 380 g/mol. The predicted molar refractivity (Wildman–Crippen MR) is 120 cm³/mol. The van der Waals surface area contributed by atoms with Crippen molar-refractivity contribution in [1.82, 2.24) is 9.80 Å². The third kappa shape index (κ3) is 7.00. The Balaban J connectivity index is 1.92. The number of anilines is 2. The summed E-state index contributed by atoms with van der Waals surface area (Å²) in [5.41, 5.74) is 2.92. The molecule has 0 bridgehead atoms. The van der Waals surface area contributed by atoms with Crippen molar-refractivity contribution >= 4 is 29.1 Å². The largest absolute Gasteiger partial charge is 0.345 e. The molecule has 0 saturated heterocycles. The van der Waals surface area contributed by atoms with Crippen LogP contribution in [0.4, 0.5) is 11.4 Å². The van der Waals surface area contributed by atoms with Crippen molar-refractivity contribution < 1.29 is 14.4 Å². The highest BCUT2D eigenvalue weighted by atomic mass is 16.2. The second kappa shape index (κ2) is 11.1. The molecule has 0 unspecified atom stereocenters. The lowest BCUT2D eigenvalue weighted by Crippen LogP contribution is -2.39. The van der Waals surface area contributed by atoms with Crippen LogP contribution in [0.25, 0.3) is 0 Å². The fourth-order valence-electron chi connectivity index (χ4n) is 2.99. The molecule has 0 saturated carbocycles. The van der Waals surface area contributed by atoms with E-state index in [0.717, 1.165) is 17.7 Å². The molecule has 0 atom stereocenters. The van der Waals surface area contributed by atoms with E-state index < -0.39 is 0 Å². The summed E-state index contributed by atoms with van der Waals surface area (Å²) in [6, 6.07) is 14.3. The number of nitrogens with zero attached hydrogens (tertiary/aromatic N) is 2. The van der Waals surface area contributed by atoms with Crippen LogP contribution in [0.2, 0.25) is 0 Å². The lowest BCUT2D eigenvalue weighted by molar-refractivity contribution is -0.120. The summed E-state index contributed by atoms with van der Waals surface area (Å²) in [6.45, 7) is 4.80. The van der Waals surface area contributed by atoms with Gasteiger partial charge in [0.05, 0.1) is 13.1 Å². The standard InChI is InChI=1S/C23H30N4O3/c1-5-14-27(16-22(29)25-20-9-7-6-8-17(20)2)15-21(28)24-19-12-10-18(11-13-19)23(30)26(3)4/h6-13H,5,14-16H2,1-4H3,(H,24,28)(H,25,29). The highest BCUT2D eigenvalue weighted by molar-refractivity contribution is 5.96. The maximum atomic E-state index is 12.5. The number of carbonyl (C=O) groups excluding carboxylic acids is 3. The molecule has 7 nitrogen and oxygen atoms in total. The first-order valence-corrected chi connectivity index (χ1v) is 9.99. The lowest BCUT2D eigenvalue weighted by Gasteiger charge is -2.21. The highest BCUT2D eigenvalue weighted by Gasteiger charge is 2.15. The first-order valence-electron chi connectivity index (χ1n) is 9.99. The van der Waals surface area contributed by atoms with Gasteiger partial charge in [0.25, 0.3) is 5.91 Å². The number of rotatable bonds is 9. The van der Waals surface area contributed by atoms with Crippen LogP contribution in [0, 0.1) is 6.92 Å². The van der Waals surface area contributed by atoms with Crippen molar-refractivity contribution in [3.8, 4) is 0 Å². The van der Waals surface area contributed by atoms with Gasteiger partial charge in [-0.1, -0.05) is 25.1 Å². The number of carbonyl (C=O) groups is 3. The molecule has 0 aliphatic rings. The summed E-state index contributed by atoms with van der Waals surface area (Å²) in [4.78, 5) is 40.1. The third-order valence-corrected chi connectivity index (χ3v) is 4.52. The molecule has 0 aliphatic carbocycles. The fourth-order valence-corrected chi connectivity index (χ4v) is 2.99. The summed E-state index contributed by atoms with van der Waals surface area (Å²) >= 11 is 0. The van der Waals surface area contributed by atoms with Crippen LogP contribution in [0.1, 0.15) is 29.3 Å². The lowest BCUT2D eigenvalue weighted by atomic mass is 10.2. The number of benzene rings is 2. The molecule has 0 aliphatic heterocycles. The average molecular weight is 411 g/mol. The van der Waals surface area contributed by atoms with Gasteiger partial charge in [-0.05, 0) is 55.8 Å². The van der Waals surface area contributed by atoms with Crippen molar-refractivity contribution in [3.63, 3.8) is 0 Å². The molecule has 3 amide bonds. The Morgan fingerprint density at radius 2 is 1.47 bits per heavy atom. The van der Waals surface area contributed by atoms with Crippen LogP contribution >= 0.6 is 0 Å². The zero-order valence-corrected chi connectivity index (χ0v) is 18.1. The summed E-state index contributed by atoms with van der Waals surface area (Å²) in [5, 5.41) is 5.72. The first kappa shape index (κ1) is 23.1. The molecular formula is C23H30N4O3. The maximum Gasteiger partial charge on any atom is 0.253 e. The topological polar surface area (TPSA) is 81.8 Å². The van der Waals surface area contributed by atoms with E-state index in [1.165, 1.54) is 4.90 Å². The van der Waals surface area contributed by atoms with Crippen LogP contribution in [0.15, 0.2) is 48.5 Å². The van der Waals surface area contributed by atoms with Gasteiger partial charge < -0.3 is 15.5 Å². The van der Waals surface area contributed by atoms with Gasteiger partial charge in [0.1, 0.15) is 0 Å². The van der Waals surface area contributed by atoms with Crippen molar-refractivity contribution in [3.05, 3.63) is 59.7 Å². The van der Waals surface area contributed by atoms with Gasteiger partial charge in [-0.3, -0.25) is 19.3 Å². The summed E-state index contributed by atoms with van der Waals surface area (Å²) in [6.07, 6.45) is 0.826. The first-order chi connectivity index (χ1) is 14.3. The molecule has 30 heavy (non-hydrogen) atoms. The molecule has 2 N–H and O–H groups in total. The van der Waals surface area contributed by atoms with Crippen LogP contribution < -0.4 is 10.6 Å². The molecule has 2 rings (SSSR count). The molecule has 2 aromatic rings. The monoisotopic (exact) mass is 410 g/mol. The van der Waals surface area contributed by atoms with Crippen molar-refractivity contribution in [2.45, 2.75) is 20.3 Å². The zero-order valence-electron chi connectivity index (χ0n) is 18.1. The highest BCUT2D eigenvalue weighted by Crippen LogP contribution is 2.13. The Labute approximate surface area is 178 Å². The SMILES string of the molecule is CCCN(CC(=O)Nc1ccc(C(=O)N(C)C)cc1)CC(=O)Nc1ccccc1C. The van der Waals surface area contributed by atoms with Crippen LogP contribution in [0.5, 0.6) is 0 Å². The molecule has 0 spiro atoms. The van der Waals surface area contributed by atoms with Gasteiger partial charge in [-0.15, -0.1) is 0 Å². The van der Waals surface area contributed by atoms with E-state index in [1.54, 1.807) is 38.4 Å². The van der Waals surface area contributed by atoms with Crippen LogP contribution in [-0.4, -0.2) is 61.3 Å². The van der Waals surface area contributed by atoms with Crippen molar-refractivity contribution in [1.29, 1.82) is 0 Å². The Hall–Kier alpha value is -3.19. The van der Waals surface area contributed by atoms with Gasteiger partial charge in [0, 0.05) is 31.0 Å². The minimum absolute atomic E-state index is 0.0957. The van der Waals surface area contributed by atoms with E-state index in [1.807, 2.05) is 43.0 Å². The van der Waals surface area contributed by atoms with Gasteiger partial charge >= 0.3 is 0 Å². The Kier molecular flexibility index (Phi) is 8.55. The smallest absolute Gasteiger partial charge is 0.253 e. The number of hydrogen-bond donors (Lipinski definition) is 2. The molecule has 2 aromatic carbocycles. The average Bonchev–Trinajstić information content (AvgIpc) is 2.69.